The van der Waals surface area contributed by atoms with Crippen LogP contribution in [0.4, 0.5) is 15.8 Å². The maximum Gasteiger partial charge on any atom is 0.234 e. The van der Waals surface area contributed by atoms with Crippen molar-refractivity contribution in [2.75, 3.05) is 37.2 Å². The van der Waals surface area contributed by atoms with E-state index in [0.29, 0.717) is 25.3 Å². The minimum atomic E-state index is -0.522. The second kappa shape index (κ2) is 7.03. The topological polar surface area (TPSA) is 87.5 Å². The van der Waals surface area contributed by atoms with Crippen LogP contribution >= 0.6 is 0 Å². The Morgan fingerprint density at radius 3 is 3.10 bits per heavy atom. The summed E-state index contributed by atoms with van der Waals surface area (Å²) in [5.74, 6) is -0.856. The van der Waals surface area contributed by atoms with Crippen molar-refractivity contribution in [1.29, 1.82) is 0 Å². The lowest BCUT2D eigenvalue weighted by molar-refractivity contribution is -0.122. The number of amides is 2. The van der Waals surface area contributed by atoms with Crippen molar-refractivity contribution in [3.05, 3.63) is 24.0 Å². The van der Waals surface area contributed by atoms with E-state index in [0.717, 1.165) is 13.0 Å². The zero-order chi connectivity index (χ0) is 15.2. The zero-order valence-corrected chi connectivity index (χ0v) is 11.7. The number of nitrogens with one attached hydrogen (secondary N) is 2. The second-order valence-corrected chi connectivity index (χ2v) is 5.02. The van der Waals surface area contributed by atoms with E-state index in [1.54, 1.807) is 0 Å². The van der Waals surface area contributed by atoms with E-state index in [2.05, 4.69) is 10.6 Å². The largest absolute Gasteiger partial charge is 0.399 e. The lowest BCUT2D eigenvalue weighted by Crippen LogP contribution is -2.34. The number of hydrogen-bond donors (Lipinski definition) is 3. The van der Waals surface area contributed by atoms with Crippen LogP contribution in [0.3, 0.4) is 0 Å². The monoisotopic (exact) mass is 294 g/mol. The summed E-state index contributed by atoms with van der Waals surface area (Å²) in [6, 6.07) is 4.03. The van der Waals surface area contributed by atoms with Gasteiger partial charge in [-0.2, -0.15) is 0 Å². The minimum Gasteiger partial charge on any atom is -0.399 e. The molecule has 114 valence electrons. The van der Waals surface area contributed by atoms with Gasteiger partial charge in [0, 0.05) is 31.7 Å². The van der Waals surface area contributed by atoms with E-state index < -0.39 is 5.82 Å². The zero-order valence-electron chi connectivity index (χ0n) is 11.7. The maximum absolute atomic E-state index is 13.5. The van der Waals surface area contributed by atoms with Crippen molar-refractivity contribution in [2.45, 2.75) is 12.8 Å². The lowest BCUT2D eigenvalue weighted by Gasteiger charge is -2.18. The van der Waals surface area contributed by atoms with Gasteiger partial charge in [0.15, 0.2) is 0 Å². The molecule has 1 fully saturated rings. The number of rotatable bonds is 4. The fraction of sp³-hybridized carbons (Fsp3) is 0.429. The molecule has 0 aromatic heterocycles. The van der Waals surface area contributed by atoms with Crippen LogP contribution in [0.2, 0.25) is 0 Å². The van der Waals surface area contributed by atoms with Crippen molar-refractivity contribution in [1.82, 2.24) is 10.2 Å². The number of anilines is 2. The Balaban J connectivity index is 1.84. The Bertz CT molecular complexity index is 536. The first-order chi connectivity index (χ1) is 10.0. The van der Waals surface area contributed by atoms with Crippen LogP contribution in [0.5, 0.6) is 0 Å². The van der Waals surface area contributed by atoms with E-state index in [1.165, 1.54) is 18.2 Å². The fourth-order valence-electron chi connectivity index (χ4n) is 2.17. The van der Waals surface area contributed by atoms with Gasteiger partial charge in [-0.25, -0.2) is 4.39 Å². The molecule has 21 heavy (non-hydrogen) atoms. The highest BCUT2D eigenvalue weighted by atomic mass is 19.1. The number of benzene rings is 1. The average molecular weight is 294 g/mol. The SMILES string of the molecule is Nc1ccc(F)c(NC(=O)CCN2CCCNC(=O)C2)c1. The maximum atomic E-state index is 13.5. The van der Waals surface area contributed by atoms with Gasteiger partial charge < -0.3 is 16.4 Å². The number of halogens is 1. The van der Waals surface area contributed by atoms with Crippen LogP contribution in [0.1, 0.15) is 12.8 Å². The van der Waals surface area contributed by atoms with Crippen LogP contribution in [0.15, 0.2) is 18.2 Å². The molecule has 0 saturated carbocycles. The molecule has 0 spiro atoms. The first kappa shape index (κ1) is 15.2. The average Bonchev–Trinajstić information content (AvgIpc) is 2.65. The van der Waals surface area contributed by atoms with E-state index in [-0.39, 0.29) is 23.9 Å². The van der Waals surface area contributed by atoms with Crippen LogP contribution in [-0.4, -0.2) is 42.9 Å². The molecule has 1 aliphatic rings. The Hall–Kier alpha value is -2.15. The highest BCUT2D eigenvalue weighted by molar-refractivity contribution is 5.91. The summed E-state index contributed by atoms with van der Waals surface area (Å²) in [4.78, 5) is 25.1. The highest BCUT2D eigenvalue weighted by Gasteiger charge is 2.15. The second-order valence-electron chi connectivity index (χ2n) is 5.02. The molecule has 4 N–H and O–H groups in total. The summed E-state index contributed by atoms with van der Waals surface area (Å²) in [5, 5.41) is 5.27. The number of hydrogen-bond acceptors (Lipinski definition) is 4. The molecule has 2 amide bonds. The highest BCUT2D eigenvalue weighted by Crippen LogP contribution is 2.17. The summed E-state index contributed by atoms with van der Waals surface area (Å²) < 4.78 is 13.5. The molecule has 1 aliphatic heterocycles. The Morgan fingerprint density at radius 2 is 2.29 bits per heavy atom. The van der Waals surface area contributed by atoms with Gasteiger partial charge in [-0.1, -0.05) is 0 Å². The van der Waals surface area contributed by atoms with Gasteiger partial charge in [0.1, 0.15) is 5.82 Å². The van der Waals surface area contributed by atoms with Crippen molar-refractivity contribution >= 4 is 23.2 Å². The molecule has 0 bridgehead atoms. The smallest absolute Gasteiger partial charge is 0.234 e. The molecule has 7 heteroatoms. The molecule has 1 heterocycles. The number of nitrogens with zero attached hydrogens (tertiary/aromatic N) is 1. The van der Waals surface area contributed by atoms with Gasteiger partial charge in [0.2, 0.25) is 11.8 Å². The van der Waals surface area contributed by atoms with E-state index in [4.69, 9.17) is 5.73 Å². The van der Waals surface area contributed by atoms with Gasteiger partial charge in [-0.05, 0) is 24.6 Å². The molecule has 1 aromatic rings. The van der Waals surface area contributed by atoms with E-state index >= 15 is 0 Å². The standard InChI is InChI=1S/C14H19FN4O2/c15-11-3-2-10(16)8-12(11)18-13(20)4-7-19-6-1-5-17-14(21)9-19/h2-3,8H,1,4-7,9,16H2,(H,17,21)(H,18,20). The van der Waals surface area contributed by atoms with Crippen molar-refractivity contribution < 1.29 is 14.0 Å². The summed E-state index contributed by atoms with van der Waals surface area (Å²) in [6.45, 7) is 2.18. The minimum absolute atomic E-state index is 0.0326. The van der Waals surface area contributed by atoms with Gasteiger partial charge in [-0.3, -0.25) is 14.5 Å². The molecular formula is C14H19FN4O2. The number of nitrogen functional groups attached to an aromatic ring is 1. The van der Waals surface area contributed by atoms with Crippen molar-refractivity contribution in [3.63, 3.8) is 0 Å². The summed E-state index contributed by atoms with van der Waals surface area (Å²) in [6.07, 6.45) is 1.05. The summed E-state index contributed by atoms with van der Waals surface area (Å²) in [7, 11) is 0. The van der Waals surface area contributed by atoms with Gasteiger partial charge >= 0.3 is 0 Å². The van der Waals surface area contributed by atoms with E-state index in [9.17, 15) is 14.0 Å². The molecule has 6 nitrogen and oxygen atoms in total. The molecule has 0 unspecified atom stereocenters. The van der Waals surface area contributed by atoms with Crippen LogP contribution in [0, 0.1) is 5.82 Å². The summed E-state index contributed by atoms with van der Waals surface area (Å²) in [5.41, 5.74) is 6.02. The Kier molecular flexibility index (Phi) is 5.10. The van der Waals surface area contributed by atoms with Crippen molar-refractivity contribution in [2.24, 2.45) is 0 Å². The third-order valence-electron chi connectivity index (χ3n) is 3.26. The van der Waals surface area contributed by atoms with Crippen LogP contribution in [-0.2, 0) is 9.59 Å². The molecule has 2 rings (SSSR count). The van der Waals surface area contributed by atoms with Crippen LogP contribution in [0.25, 0.3) is 0 Å². The third kappa shape index (κ3) is 4.71. The third-order valence-corrected chi connectivity index (χ3v) is 3.26. The number of carbonyl (C=O) groups excluding carboxylic acids is 2. The normalized spacial score (nSPS) is 16.1. The number of carbonyl (C=O) groups is 2. The van der Waals surface area contributed by atoms with E-state index in [1.807, 2.05) is 4.90 Å². The predicted octanol–water partition coefficient (Wildman–Crippen LogP) is 0.558. The molecule has 1 aromatic carbocycles. The van der Waals surface area contributed by atoms with Gasteiger partial charge in [0.05, 0.1) is 12.2 Å². The summed E-state index contributed by atoms with van der Waals surface area (Å²) >= 11 is 0. The van der Waals surface area contributed by atoms with Gasteiger partial charge in [-0.15, -0.1) is 0 Å². The molecule has 0 aliphatic carbocycles. The Labute approximate surface area is 122 Å². The lowest BCUT2D eigenvalue weighted by atomic mass is 10.2. The van der Waals surface area contributed by atoms with Crippen molar-refractivity contribution in [3.8, 4) is 0 Å². The fourth-order valence-corrected chi connectivity index (χ4v) is 2.17. The molecule has 0 atom stereocenters. The van der Waals surface area contributed by atoms with Gasteiger partial charge in [0.25, 0.3) is 0 Å². The van der Waals surface area contributed by atoms with Crippen LogP contribution < -0.4 is 16.4 Å². The quantitative estimate of drug-likeness (QED) is 0.708. The molecule has 1 saturated heterocycles. The predicted molar refractivity (Wildman–Crippen MR) is 78.1 cm³/mol. The molecule has 0 radical (unpaired) electrons. The number of nitrogens with two attached hydrogens (primary N) is 1. The first-order valence-electron chi connectivity index (χ1n) is 6.88. The Morgan fingerprint density at radius 1 is 1.48 bits per heavy atom. The first-order valence-corrected chi connectivity index (χ1v) is 6.88. The molecular weight excluding hydrogens is 275 g/mol.